The summed E-state index contributed by atoms with van der Waals surface area (Å²) in [4.78, 5) is 2.39. The maximum absolute atomic E-state index is 13.7. The standard InChI is InChI=1S/C25H33Cl3N2O4S2/c1-19(7-3-5-15-29-16-6-4-8-22(29)18-35(2,31)32)30(25-17-21(27)11-14-24(25)28)36(33,34)23-12-9-20(26)10-13-23/h9-14,17,19,22H,3-8,15-16,18H2,1-2H3/t19?,22-/m1/s1. The van der Waals surface area contributed by atoms with Crippen molar-refractivity contribution in [1.82, 2.24) is 4.90 Å². The Hall–Kier alpha value is -1.03. The van der Waals surface area contributed by atoms with Crippen molar-refractivity contribution in [1.29, 1.82) is 0 Å². The van der Waals surface area contributed by atoms with Gasteiger partial charge in [0.1, 0.15) is 9.84 Å². The van der Waals surface area contributed by atoms with Gasteiger partial charge in [0.2, 0.25) is 0 Å². The number of sulfonamides is 1. The monoisotopic (exact) mass is 594 g/mol. The van der Waals surface area contributed by atoms with E-state index >= 15 is 0 Å². The van der Waals surface area contributed by atoms with Crippen LogP contribution in [0.3, 0.4) is 0 Å². The molecule has 0 N–H and O–H groups in total. The lowest BCUT2D eigenvalue weighted by Crippen LogP contribution is -2.44. The third kappa shape index (κ3) is 7.98. The van der Waals surface area contributed by atoms with Crippen molar-refractivity contribution in [3.8, 4) is 0 Å². The van der Waals surface area contributed by atoms with Crippen LogP contribution < -0.4 is 4.31 Å². The number of likely N-dealkylation sites (tertiary alicyclic amines) is 1. The first-order chi connectivity index (χ1) is 16.9. The van der Waals surface area contributed by atoms with Crippen LogP contribution in [0.5, 0.6) is 0 Å². The highest BCUT2D eigenvalue weighted by Crippen LogP contribution is 2.36. The van der Waals surface area contributed by atoms with E-state index in [0.29, 0.717) is 27.2 Å². The number of hydrogen-bond donors (Lipinski definition) is 0. The smallest absolute Gasteiger partial charge is 0.264 e. The third-order valence-corrected chi connectivity index (χ3v) is 10.2. The van der Waals surface area contributed by atoms with Crippen LogP contribution in [0.2, 0.25) is 15.1 Å². The maximum Gasteiger partial charge on any atom is 0.264 e. The normalized spacial score (nSPS) is 18.2. The Bertz CT molecular complexity index is 1240. The molecule has 2 aromatic carbocycles. The van der Waals surface area contributed by atoms with Gasteiger partial charge in [-0.1, -0.05) is 47.6 Å². The van der Waals surface area contributed by atoms with E-state index in [2.05, 4.69) is 4.90 Å². The molecule has 6 nitrogen and oxygen atoms in total. The van der Waals surface area contributed by atoms with Crippen LogP contribution in [0.1, 0.15) is 45.4 Å². The molecular weight excluding hydrogens is 563 g/mol. The average molecular weight is 596 g/mol. The molecule has 0 radical (unpaired) electrons. The summed E-state index contributed by atoms with van der Waals surface area (Å²) in [6.07, 6.45) is 6.50. The molecule has 0 saturated carbocycles. The summed E-state index contributed by atoms with van der Waals surface area (Å²) >= 11 is 18.6. The molecule has 0 amide bonds. The summed E-state index contributed by atoms with van der Waals surface area (Å²) in [6.45, 7) is 3.54. The van der Waals surface area contributed by atoms with Gasteiger partial charge in [0.05, 0.1) is 21.4 Å². The van der Waals surface area contributed by atoms with Gasteiger partial charge in [-0.2, -0.15) is 0 Å². The topological polar surface area (TPSA) is 74.8 Å². The van der Waals surface area contributed by atoms with E-state index in [4.69, 9.17) is 34.8 Å². The quantitative estimate of drug-likeness (QED) is 0.285. The predicted molar refractivity (Wildman–Crippen MR) is 150 cm³/mol. The maximum atomic E-state index is 13.7. The van der Waals surface area contributed by atoms with Crippen molar-refractivity contribution >= 4 is 60.4 Å². The molecular formula is C25H33Cl3N2O4S2. The minimum absolute atomic E-state index is 0.0539. The summed E-state index contributed by atoms with van der Waals surface area (Å²) in [5.41, 5.74) is 0.330. The van der Waals surface area contributed by atoms with E-state index in [1.807, 2.05) is 6.92 Å². The van der Waals surface area contributed by atoms with Crippen LogP contribution in [-0.4, -0.2) is 58.9 Å². The number of nitrogens with zero attached hydrogens (tertiary/aromatic N) is 2. The molecule has 200 valence electrons. The molecule has 36 heavy (non-hydrogen) atoms. The molecule has 1 aliphatic rings. The first-order valence-corrected chi connectivity index (χ1v) is 16.7. The minimum atomic E-state index is -3.94. The van der Waals surface area contributed by atoms with E-state index in [9.17, 15) is 16.8 Å². The number of benzene rings is 2. The van der Waals surface area contributed by atoms with E-state index in [0.717, 1.165) is 45.2 Å². The molecule has 0 aliphatic carbocycles. The number of anilines is 1. The summed E-state index contributed by atoms with van der Waals surface area (Å²) in [7, 11) is -6.98. The lowest BCUT2D eigenvalue weighted by atomic mass is 10.0. The van der Waals surface area contributed by atoms with Gasteiger partial charge in [-0.05, 0) is 88.2 Å². The summed E-state index contributed by atoms with van der Waals surface area (Å²) in [6, 6.07) is 10.5. The molecule has 1 unspecified atom stereocenters. The van der Waals surface area contributed by atoms with Gasteiger partial charge < -0.3 is 0 Å². The number of hydrogen-bond acceptors (Lipinski definition) is 5. The van der Waals surface area contributed by atoms with E-state index < -0.39 is 25.9 Å². The molecule has 0 bridgehead atoms. The van der Waals surface area contributed by atoms with E-state index in [-0.39, 0.29) is 16.7 Å². The average Bonchev–Trinajstić information content (AvgIpc) is 2.79. The Kier molecular flexibility index (Phi) is 10.4. The Morgan fingerprint density at radius 3 is 2.31 bits per heavy atom. The lowest BCUT2D eigenvalue weighted by Gasteiger charge is -2.35. The molecule has 1 aliphatic heterocycles. The van der Waals surface area contributed by atoms with Gasteiger partial charge in [0, 0.05) is 28.4 Å². The van der Waals surface area contributed by atoms with Crippen molar-refractivity contribution in [3.63, 3.8) is 0 Å². The van der Waals surface area contributed by atoms with Crippen LogP contribution in [-0.2, 0) is 19.9 Å². The second kappa shape index (κ2) is 12.7. The zero-order chi connectivity index (χ0) is 26.5. The molecule has 2 aromatic rings. The number of piperidine rings is 1. The van der Waals surface area contributed by atoms with E-state index in [1.165, 1.54) is 22.7 Å². The Morgan fingerprint density at radius 1 is 0.972 bits per heavy atom. The third-order valence-electron chi connectivity index (χ3n) is 6.48. The predicted octanol–water partition coefficient (Wildman–Crippen LogP) is 6.30. The van der Waals surface area contributed by atoms with Crippen LogP contribution in [0.25, 0.3) is 0 Å². The van der Waals surface area contributed by atoms with Crippen LogP contribution in [0.4, 0.5) is 5.69 Å². The SMILES string of the molecule is CC(CCCCN1CCCC[C@@H]1CS(C)(=O)=O)N(c1cc(Cl)ccc1Cl)S(=O)(=O)c1ccc(Cl)cc1. The second-order valence-corrected chi connectivity index (χ2v) is 14.8. The molecule has 11 heteroatoms. The van der Waals surface area contributed by atoms with Gasteiger partial charge in [-0.3, -0.25) is 9.21 Å². The van der Waals surface area contributed by atoms with Crippen LogP contribution in [0.15, 0.2) is 47.4 Å². The van der Waals surface area contributed by atoms with Crippen molar-refractivity contribution in [2.24, 2.45) is 0 Å². The molecule has 3 rings (SSSR count). The van der Waals surface area contributed by atoms with Crippen LogP contribution >= 0.6 is 34.8 Å². The molecule has 0 aromatic heterocycles. The van der Waals surface area contributed by atoms with E-state index in [1.54, 1.807) is 30.3 Å². The van der Waals surface area contributed by atoms with Gasteiger partial charge in [-0.25, -0.2) is 16.8 Å². The van der Waals surface area contributed by atoms with Gasteiger partial charge in [0.15, 0.2) is 0 Å². The lowest BCUT2D eigenvalue weighted by molar-refractivity contribution is 0.159. The first kappa shape index (κ1) is 29.5. The van der Waals surface area contributed by atoms with Crippen LogP contribution in [0, 0.1) is 0 Å². The van der Waals surface area contributed by atoms with Crippen molar-refractivity contribution in [2.75, 3.05) is 29.4 Å². The number of unbranched alkanes of at least 4 members (excludes halogenated alkanes) is 1. The number of sulfone groups is 1. The summed E-state index contributed by atoms with van der Waals surface area (Å²) in [5, 5.41) is 1.13. The van der Waals surface area contributed by atoms with Gasteiger partial charge >= 0.3 is 0 Å². The largest absolute Gasteiger partial charge is 0.299 e. The Labute approximate surface area is 230 Å². The second-order valence-electron chi connectivity index (χ2n) is 9.47. The summed E-state index contributed by atoms with van der Waals surface area (Å²) in [5.74, 6) is 0.184. The Balaban J connectivity index is 1.75. The van der Waals surface area contributed by atoms with Crippen molar-refractivity contribution in [2.45, 2.75) is 62.4 Å². The molecule has 1 heterocycles. The fourth-order valence-electron chi connectivity index (χ4n) is 4.74. The molecule has 1 saturated heterocycles. The zero-order valence-corrected chi connectivity index (χ0v) is 24.4. The highest BCUT2D eigenvalue weighted by molar-refractivity contribution is 7.93. The van der Waals surface area contributed by atoms with Crippen molar-refractivity contribution in [3.05, 3.63) is 57.5 Å². The molecule has 2 atom stereocenters. The molecule has 1 fully saturated rings. The zero-order valence-electron chi connectivity index (χ0n) is 20.5. The highest BCUT2D eigenvalue weighted by Gasteiger charge is 2.31. The van der Waals surface area contributed by atoms with Gasteiger partial charge in [0.25, 0.3) is 10.0 Å². The highest BCUT2D eigenvalue weighted by atomic mass is 35.5. The fraction of sp³-hybridized carbons (Fsp3) is 0.520. The Morgan fingerprint density at radius 2 is 1.64 bits per heavy atom. The minimum Gasteiger partial charge on any atom is -0.299 e. The number of halogens is 3. The summed E-state index contributed by atoms with van der Waals surface area (Å²) < 4.78 is 52.5. The molecule has 0 spiro atoms. The van der Waals surface area contributed by atoms with Crippen molar-refractivity contribution < 1.29 is 16.8 Å². The number of rotatable bonds is 11. The fourth-order valence-corrected chi connectivity index (χ4v) is 8.07. The van der Waals surface area contributed by atoms with Gasteiger partial charge in [-0.15, -0.1) is 0 Å². The first-order valence-electron chi connectivity index (χ1n) is 12.1.